The molecule has 0 unspecified atom stereocenters. The lowest BCUT2D eigenvalue weighted by atomic mass is 10.1. The van der Waals surface area contributed by atoms with Crippen LogP contribution in [0.1, 0.15) is 143 Å². The molecule has 0 saturated heterocycles. The molecular formula is C31H52N2O4. The van der Waals surface area contributed by atoms with Crippen molar-refractivity contribution in [3.8, 4) is 23.7 Å². The molecule has 0 fully saturated rings. The summed E-state index contributed by atoms with van der Waals surface area (Å²) in [5.74, 6) is 10.5. The van der Waals surface area contributed by atoms with E-state index in [0.29, 0.717) is 6.42 Å². The molecule has 0 bridgehead atoms. The number of nitrogens with one attached hydrogen (secondary N) is 2. The summed E-state index contributed by atoms with van der Waals surface area (Å²) >= 11 is 0. The maximum Gasteiger partial charge on any atom is 0.325 e. The van der Waals surface area contributed by atoms with E-state index in [4.69, 9.17) is 5.11 Å². The normalized spacial score (nSPS) is 11.9. The highest BCUT2D eigenvalue weighted by molar-refractivity contribution is 5.89. The van der Waals surface area contributed by atoms with Crippen LogP contribution < -0.4 is 10.6 Å². The van der Waals surface area contributed by atoms with E-state index in [2.05, 4.69) is 41.2 Å². The van der Waals surface area contributed by atoms with Crippen molar-refractivity contribution in [2.75, 3.05) is 0 Å². The predicted molar refractivity (Wildman–Crippen MR) is 152 cm³/mol. The van der Waals surface area contributed by atoms with Crippen LogP contribution in [0.4, 0.5) is 0 Å². The number of aliphatic carboxylic acids is 1. The Morgan fingerprint density at radius 1 is 0.622 bits per heavy atom. The van der Waals surface area contributed by atoms with Crippen molar-refractivity contribution in [1.29, 1.82) is 0 Å². The summed E-state index contributed by atoms with van der Waals surface area (Å²) in [6, 6.07) is -1.73. The molecule has 0 heterocycles. The summed E-state index contributed by atoms with van der Waals surface area (Å²) in [5.41, 5.74) is 0. The van der Waals surface area contributed by atoms with E-state index in [1.54, 1.807) is 6.92 Å². The minimum Gasteiger partial charge on any atom is -0.480 e. The van der Waals surface area contributed by atoms with E-state index >= 15 is 0 Å². The van der Waals surface area contributed by atoms with E-state index in [1.807, 2.05) is 0 Å². The Kier molecular flexibility index (Phi) is 23.5. The molecule has 6 nitrogen and oxygen atoms in total. The van der Waals surface area contributed by atoms with Crippen LogP contribution in [0.15, 0.2) is 0 Å². The van der Waals surface area contributed by atoms with Gasteiger partial charge in [0.15, 0.2) is 0 Å². The molecule has 0 rings (SSSR count). The number of carboxylic acids is 1. The zero-order valence-electron chi connectivity index (χ0n) is 23.8. The van der Waals surface area contributed by atoms with Crippen molar-refractivity contribution in [3.05, 3.63) is 0 Å². The molecule has 3 N–H and O–H groups in total. The van der Waals surface area contributed by atoms with Gasteiger partial charge in [0.25, 0.3) is 0 Å². The summed E-state index contributed by atoms with van der Waals surface area (Å²) in [4.78, 5) is 34.6. The topological polar surface area (TPSA) is 95.5 Å². The molecule has 2 amide bonds. The van der Waals surface area contributed by atoms with Gasteiger partial charge in [0.1, 0.15) is 12.1 Å². The van der Waals surface area contributed by atoms with Crippen molar-refractivity contribution >= 4 is 17.8 Å². The molecule has 0 aliphatic heterocycles. The second kappa shape index (κ2) is 25.2. The standard InChI is InChI=1S/C31H52N2O4/c1-4-5-6-7-8-9-10-11-12-13-14-15-16-17-18-19-20-21-22-23-24-25-26-29(34)32-27(2)30(35)33-28(3)31(36)37/h27-28H,4-14,19-26H2,1-3H3,(H,32,34)(H,33,35)(H,36,37)/t27-,28-/m1/s1. The van der Waals surface area contributed by atoms with Crippen molar-refractivity contribution in [2.24, 2.45) is 0 Å². The van der Waals surface area contributed by atoms with Gasteiger partial charge in [-0.25, -0.2) is 0 Å². The Bertz CT molecular complexity index is 742. The third kappa shape index (κ3) is 23.7. The van der Waals surface area contributed by atoms with Crippen LogP contribution in [0, 0.1) is 23.7 Å². The van der Waals surface area contributed by atoms with Crippen molar-refractivity contribution in [1.82, 2.24) is 10.6 Å². The van der Waals surface area contributed by atoms with Gasteiger partial charge in [-0.15, -0.1) is 0 Å². The molecule has 210 valence electrons. The summed E-state index contributed by atoms with van der Waals surface area (Å²) in [6.45, 7) is 5.20. The number of unbranched alkanes of at least 4 members (excludes halogenated alkanes) is 16. The van der Waals surface area contributed by atoms with E-state index in [-0.39, 0.29) is 5.91 Å². The molecular weight excluding hydrogens is 464 g/mol. The highest BCUT2D eigenvalue weighted by Gasteiger charge is 2.20. The maximum atomic E-state index is 12.0. The second-order valence-electron chi connectivity index (χ2n) is 10.0. The van der Waals surface area contributed by atoms with Crippen LogP contribution >= 0.6 is 0 Å². The van der Waals surface area contributed by atoms with Gasteiger partial charge in [0.2, 0.25) is 11.8 Å². The van der Waals surface area contributed by atoms with E-state index in [1.165, 1.54) is 71.1 Å². The molecule has 0 saturated carbocycles. The number of carboxylic acid groups (broad SMARTS) is 1. The van der Waals surface area contributed by atoms with Crippen molar-refractivity contribution < 1.29 is 19.5 Å². The number of amides is 2. The zero-order valence-corrected chi connectivity index (χ0v) is 23.8. The van der Waals surface area contributed by atoms with E-state index in [0.717, 1.165) is 51.4 Å². The lowest BCUT2D eigenvalue weighted by Gasteiger charge is -2.16. The fraction of sp³-hybridized carbons (Fsp3) is 0.774. The number of rotatable bonds is 22. The van der Waals surface area contributed by atoms with E-state index < -0.39 is 24.0 Å². The maximum absolute atomic E-state index is 12.0. The number of hydrogen-bond acceptors (Lipinski definition) is 3. The molecule has 0 aromatic heterocycles. The van der Waals surface area contributed by atoms with Gasteiger partial charge in [-0.1, -0.05) is 102 Å². The van der Waals surface area contributed by atoms with Crippen LogP contribution in [0.25, 0.3) is 0 Å². The van der Waals surface area contributed by atoms with Crippen molar-refractivity contribution in [2.45, 2.75) is 155 Å². The van der Waals surface area contributed by atoms with Crippen LogP contribution in [-0.2, 0) is 14.4 Å². The molecule has 0 radical (unpaired) electrons. The summed E-state index contributed by atoms with van der Waals surface area (Å²) in [7, 11) is 0. The molecule has 0 aliphatic carbocycles. The molecule has 0 aliphatic rings. The van der Waals surface area contributed by atoms with Gasteiger partial charge in [0.05, 0.1) is 0 Å². The van der Waals surface area contributed by atoms with Gasteiger partial charge in [0, 0.05) is 19.3 Å². The first-order valence-electron chi connectivity index (χ1n) is 14.7. The third-order valence-corrected chi connectivity index (χ3v) is 6.35. The van der Waals surface area contributed by atoms with Crippen molar-refractivity contribution in [3.63, 3.8) is 0 Å². The SMILES string of the molecule is CCCCCCCCCCCCC#CC#CCCCCCCCCC(=O)N[C@H](C)C(=O)N[C@H](C)C(=O)O. The Labute approximate surface area is 226 Å². The highest BCUT2D eigenvalue weighted by Crippen LogP contribution is 2.11. The third-order valence-electron chi connectivity index (χ3n) is 6.35. The number of hydrogen-bond donors (Lipinski definition) is 3. The van der Waals surface area contributed by atoms with Gasteiger partial charge >= 0.3 is 5.97 Å². The van der Waals surface area contributed by atoms with Crippen LogP contribution in [0.2, 0.25) is 0 Å². The molecule has 0 aromatic carbocycles. The Balaban J connectivity index is 3.54. The predicted octanol–water partition coefficient (Wildman–Crippen LogP) is 6.52. The molecule has 0 spiro atoms. The van der Waals surface area contributed by atoms with E-state index in [9.17, 15) is 14.4 Å². The second-order valence-corrected chi connectivity index (χ2v) is 10.0. The highest BCUT2D eigenvalue weighted by atomic mass is 16.4. The monoisotopic (exact) mass is 516 g/mol. The lowest BCUT2D eigenvalue weighted by Crippen LogP contribution is -2.49. The molecule has 6 heteroatoms. The van der Waals surface area contributed by atoms with Crippen LogP contribution in [0.5, 0.6) is 0 Å². The fourth-order valence-electron chi connectivity index (χ4n) is 3.90. The summed E-state index contributed by atoms with van der Waals surface area (Å²) in [5, 5.41) is 13.8. The van der Waals surface area contributed by atoms with Gasteiger partial charge in [-0.2, -0.15) is 0 Å². The quantitative estimate of drug-likeness (QED) is 0.113. The average Bonchev–Trinajstić information content (AvgIpc) is 2.86. The lowest BCUT2D eigenvalue weighted by molar-refractivity contribution is -0.141. The Hall–Kier alpha value is -2.47. The smallest absolute Gasteiger partial charge is 0.325 e. The van der Waals surface area contributed by atoms with Crippen LogP contribution in [0.3, 0.4) is 0 Å². The van der Waals surface area contributed by atoms with Gasteiger partial charge < -0.3 is 15.7 Å². The summed E-state index contributed by atoms with van der Waals surface area (Å²) in [6.07, 6.45) is 21.8. The first-order chi connectivity index (χ1) is 17.9. The number of carbonyl (C=O) groups excluding carboxylic acids is 2. The Morgan fingerprint density at radius 2 is 1.05 bits per heavy atom. The number of carbonyl (C=O) groups is 3. The molecule has 2 atom stereocenters. The Morgan fingerprint density at radius 3 is 1.51 bits per heavy atom. The zero-order chi connectivity index (χ0) is 27.6. The van der Waals surface area contributed by atoms with Gasteiger partial charge in [-0.05, 0) is 45.0 Å². The largest absolute Gasteiger partial charge is 0.480 e. The molecule has 0 aromatic rings. The van der Waals surface area contributed by atoms with Gasteiger partial charge in [-0.3, -0.25) is 14.4 Å². The van der Waals surface area contributed by atoms with Crippen LogP contribution in [-0.4, -0.2) is 35.0 Å². The summed E-state index contributed by atoms with van der Waals surface area (Å²) < 4.78 is 0. The fourth-order valence-corrected chi connectivity index (χ4v) is 3.90. The first-order valence-corrected chi connectivity index (χ1v) is 14.7. The molecule has 37 heavy (non-hydrogen) atoms. The first kappa shape index (κ1) is 34.5. The average molecular weight is 517 g/mol. The minimum atomic E-state index is -1.11. The minimum absolute atomic E-state index is 0.185.